The molecule has 3 nitrogen and oxygen atoms in total. The summed E-state index contributed by atoms with van der Waals surface area (Å²) in [6.45, 7) is 0.600. The fourth-order valence-electron chi connectivity index (χ4n) is 2.37. The average molecular weight is 299 g/mol. The standard InChI is InChI=1S/C17H15F2N3/c18-14-5-4-13(16(19)10-14)9-17-21-6-7-22(17)11-12-2-1-3-15(20)8-12/h1-8,10H,9,11,20H2. The van der Waals surface area contributed by atoms with Crippen LogP contribution in [0.4, 0.5) is 14.5 Å². The van der Waals surface area contributed by atoms with E-state index in [0.29, 0.717) is 30.0 Å². The van der Waals surface area contributed by atoms with Crippen LogP contribution in [0.1, 0.15) is 17.0 Å². The minimum absolute atomic E-state index is 0.307. The molecule has 0 spiro atoms. The van der Waals surface area contributed by atoms with Crippen LogP contribution < -0.4 is 5.73 Å². The van der Waals surface area contributed by atoms with Crippen LogP contribution in [0, 0.1) is 11.6 Å². The van der Waals surface area contributed by atoms with Crippen molar-refractivity contribution in [2.45, 2.75) is 13.0 Å². The van der Waals surface area contributed by atoms with E-state index in [-0.39, 0.29) is 0 Å². The Bertz CT molecular complexity index is 796. The second-order valence-corrected chi connectivity index (χ2v) is 5.13. The molecule has 22 heavy (non-hydrogen) atoms. The Balaban J connectivity index is 1.83. The maximum absolute atomic E-state index is 13.8. The Kier molecular flexibility index (Phi) is 3.87. The third-order valence-corrected chi connectivity index (χ3v) is 3.47. The van der Waals surface area contributed by atoms with Crippen LogP contribution >= 0.6 is 0 Å². The fourth-order valence-corrected chi connectivity index (χ4v) is 2.37. The van der Waals surface area contributed by atoms with Gasteiger partial charge >= 0.3 is 0 Å². The smallest absolute Gasteiger partial charge is 0.129 e. The minimum atomic E-state index is -0.579. The quantitative estimate of drug-likeness (QED) is 0.751. The summed E-state index contributed by atoms with van der Waals surface area (Å²) in [5, 5.41) is 0. The number of nitrogens with zero attached hydrogens (tertiary/aromatic N) is 2. The first-order valence-corrected chi connectivity index (χ1v) is 6.90. The van der Waals surface area contributed by atoms with E-state index in [1.165, 1.54) is 12.1 Å². The fraction of sp³-hybridized carbons (Fsp3) is 0.118. The van der Waals surface area contributed by atoms with Gasteiger partial charge in [-0.25, -0.2) is 13.8 Å². The molecule has 0 unspecified atom stereocenters. The van der Waals surface area contributed by atoms with Gasteiger partial charge in [0.1, 0.15) is 17.5 Å². The van der Waals surface area contributed by atoms with E-state index in [9.17, 15) is 8.78 Å². The first kappa shape index (κ1) is 14.3. The number of nitrogen functional groups attached to an aromatic ring is 1. The van der Waals surface area contributed by atoms with E-state index < -0.39 is 11.6 Å². The highest BCUT2D eigenvalue weighted by Crippen LogP contribution is 2.15. The van der Waals surface area contributed by atoms with Crippen molar-refractivity contribution < 1.29 is 8.78 Å². The maximum atomic E-state index is 13.8. The molecule has 0 aliphatic rings. The van der Waals surface area contributed by atoms with Crippen molar-refractivity contribution in [3.05, 3.63) is 83.4 Å². The Morgan fingerprint density at radius 2 is 1.95 bits per heavy atom. The second-order valence-electron chi connectivity index (χ2n) is 5.13. The molecular formula is C17H15F2N3. The zero-order valence-corrected chi connectivity index (χ0v) is 11.8. The molecule has 0 aliphatic heterocycles. The summed E-state index contributed by atoms with van der Waals surface area (Å²) >= 11 is 0. The molecule has 0 aliphatic carbocycles. The third-order valence-electron chi connectivity index (χ3n) is 3.47. The van der Waals surface area contributed by atoms with E-state index in [1.807, 2.05) is 35.0 Å². The van der Waals surface area contributed by atoms with Gasteiger partial charge in [0, 0.05) is 37.1 Å². The summed E-state index contributed by atoms with van der Waals surface area (Å²) in [5.41, 5.74) is 7.93. The molecule has 1 aromatic heterocycles. The van der Waals surface area contributed by atoms with Crippen molar-refractivity contribution >= 4 is 5.69 Å². The van der Waals surface area contributed by atoms with Crippen molar-refractivity contribution in [3.8, 4) is 0 Å². The van der Waals surface area contributed by atoms with Gasteiger partial charge in [-0.3, -0.25) is 0 Å². The summed E-state index contributed by atoms with van der Waals surface area (Å²) in [6, 6.07) is 11.2. The van der Waals surface area contributed by atoms with Gasteiger partial charge in [0.15, 0.2) is 0 Å². The predicted molar refractivity (Wildman–Crippen MR) is 81.3 cm³/mol. The van der Waals surface area contributed by atoms with Crippen molar-refractivity contribution in [2.75, 3.05) is 5.73 Å². The number of aromatic nitrogens is 2. The Hall–Kier alpha value is -2.69. The number of benzene rings is 2. The highest BCUT2D eigenvalue weighted by Gasteiger charge is 2.09. The first-order chi connectivity index (χ1) is 10.6. The van der Waals surface area contributed by atoms with Gasteiger partial charge in [-0.2, -0.15) is 0 Å². The average Bonchev–Trinajstić information content (AvgIpc) is 2.89. The van der Waals surface area contributed by atoms with Gasteiger partial charge in [0.25, 0.3) is 0 Å². The van der Waals surface area contributed by atoms with Crippen molar-refractivity contribution in [1.82, 2.24) is 9.55 Å². The lowest BCUT2D eigenvalue weighted by molar-refractivity contribution is 0.572. The molecule has 2 N–H and O–H groups in total. The highest BCUT2D eigenvalue weighted by molar-refractivity contribution is 5.40. The van der Waals surface area contributed by atoms with Crippen LogP contribution in [0.3, 0.4) is 0 Å². The topological polar surface area (TPSA) is 43.8 Å². The molecule has 0 bridgehead atoms. The normalized spacial score (nSPS) is 10.8. The number of rotatable bonds is 4. The first-order valence-electron chi connectivity index (χ1n) is 6.90. The maximum Gasteiger partial charge on any atom is 0.129 e. The number of halogens is 2. The van der Waals surface area contributed by atoms with E-state index in [2.05, 4.69) is 4.98 Å². The number of imidazole rings is 1. The van der Waals surface area contributed by atoms with Gasteiger partial charge in [-0.05, 0) is 29.3 Å². The molecule has 0 fully saturated rings. The van der Waals surface area contributed by atoms with Crippen LogP contribution in [0.15, 0.2) is 54.9 Å². The molecule has 1 heterocycles. The number of anilines is 1. The Labute approximate surface area is 127 Å². The summed E-state index contributed by atoms with van der Waals surface area (Å²) in [5.74, 6) is -0.421. The van der Waals surface area contributed by atoms with Crippen molar-refractivity contribution in [1.29, 1.82) is 0 Å². The van der Waals surface area contributed by atoms with Gasteiger partial charge in [0.2, 0.25) is 0 Å². The SMILES string of the molecule is Nc1cccc(Cn2ccnc2Cc2ccc(F)cc2F)c1. The zero-order valence-electron chi connectivity index (χ0n) is 11.8. The second kappa shape index (κ2) is 5.97. The largest absolute Gasteiger partial charge is 0.399 e. The molecular weight excluding hydrogens is 284 g/mol. The summed E-state index contributed by atoms with van der Waals surface area (Å²) < 4.78 is 28.6. The summed E-state index contributed by atoms with van der Waals surface area (Å²) in [7, 11) is 0. The molecule has 5 heteroatoms. The lowest BCUT2D eigenvalue weighted by Gasteiger charge is -2.09. The third kappa shape index (κ3) is 3.14. The highest BCUT2D eigenvalue weighted by atomic mass is 19.1. The van der Waals surface area contributed by atoms with E-state index in [1.54, 1.807) is 6.20 Å². The van der Waals surface area contributed by atoms with Crippen LogP contribution in [0.5, 0.6) is 0 Å². The molecule has 0 saturated carbocycles. The molecule has 0 radical (unpaired) electrons. The minimum Gasteiger partial charge on any atom is -0.399 e. The van der Waals surface area contributed by atoms with E-state index in [4.69, 9.17) is 5.73 Å². The van der Waals surface area contributed by atoms with Crippen LogP contribution in [-0.2, 0) is 13.0 Å². The lowest BCUT2D eigenvalue weighted by Crippen LogP contribution is -2.06. The predicted octanol–water partition coefficient (Wildman–Crippen LogP) is 3.38. The Morgan fingerprint density at radius 3 is 2.73 bits per heavy atom. The van der Waals surface area contributed by atoms with Gasteiger partial charge in [0.05, 0.1) is 0 Å². The monoisotopic (exact) mass is 299 g/mol. The Morgan fingerprint density at radius 1 is 1.09 bits per heavy atom. The number of hydrogen-bond acceptors (Lipinski definition) is 2. The van der Waals surface area contributed by atoms with E-state index in [0.717, 1.165) is 11.6 Å². The number of hydrogen-bond donors (Lipinski definition) is 1. The van der Waals surface area contributed by atoms with Crippen LogP contribution in [0.25, 0.3) is 0 Å². The number of nitrogens with two attached hydrogens (primary N) is 1. The molecule has 0 atom stereocenters. The van der Waals surface area contributed by atoms with Gasteiger partial charge in [-0.15, -0.1) is 0 Å². The van der Waals surface area contributed by atoms with E-state index >= 15 is 0 Å². The summed E-state index contributed by atoms with van der Waals surface area (Å²) in [6.07, 6.45) is 3.81. The van der Waals surface area contributed by atoms with Gasteiger partial charge in [-0.1, -0.05) is 18.2 Å². The summed E-state index contributed by atoms with van der Waals surface area (Å²) in [4.78, 5) is 4.26. The lowest BCUT2D eigenvalue weighted by atomic mass is 10.1. The molecule has 0 amide bonds. The molecule has 112 valence electrons. The van der Waals surface area contributed by atoms with Crippen LogP contribution in [-0.4, -0.2) is 9.55 Å². The molecule has 3 aromatic rings. The molecule has 0 saturated heterocycles. The van der Waals surface area contributed by atoms with Gasteiger partial charge < -0.3 is 10.3 Å². The van der Waals surface area contributed by atoms with Crippen LogP contribution in [0.2, 0.25) is 0 Å². The molecule has 2 aromatic carbocycles. The van der Waals surface area contributed by atoms with Crippen molar-refractivity contribution in [2.24, 2.45) is 0 Å². The van der Waals surface area contributed by atoms with Crippen molar-refractivity contribution in [3.63, 3.8) is 0 Å². The molecule has 3 rings (SSSR count). The zero-order chi connectivity index (χ0) is 15.5.